The summed E-state index contributed by atoms with van der Waals surface area (Å²) in [6, 6.07) is 0.305. The molecule has 1 rings (SSSR count). The van der Waals surface area contributed by atoms with E-state index in [4.69, 9.17) is 5.73 Å². The van der Waals surface area contributed by atoms with Gasteiger partial charge in [0.25, 0.3) is 0 Å². The van der Waals surface area contributed by atoms with Crippen molar-refractivity contribution in [1.29, 1.82) is 0 Å². The first-order valence-electron chi connectivity index (χ1n) is 8.05. The summed E-state index contributed by atoms with van der Waals surface area (Å²) in [5, 5.41) is 5.95. The van der Waals surface area contributed by atoms with Crippen LogP contribution in [0.25, 0.3) is 0 Å². The Labute approximate surface area is 127 Å². The number of hydrogen-bond acceptors (Lipinski definition) is 4. The number of carbonyl (C=O) groups is 2. The number of carbonyl (C=O) groups excluding carboxylic acids is 2. The third kappa shape index (κ3) is 8.02. The van der Waals surface area contributed by atoms with E-state index in [1.54, 1.807) is 0 Å². The fourth-order valence-electron chi connectivity index (χ4n) is 2.42. The van der Waals surface area contributed by atoms with Gasteiger partial charge in [0.1, 0.15) is 0 Å². The molecule has 6 nitrogen and oxygen atoms in total. The summed E-state index contributed by atoms with van der Waals surface area (Å²) in [6.07, 6.45) is 4.00. The standard InChI is InChI=1S/C15H30N4O2/c1-3-8-17-15(21)11-19-9-6-13(7-10-19)18-14(20)5-4-12(2)16/h12-13H,3-11,16H2,1-2H3,(H,17,21)(H,18,20). The van der Waals surface area contributed by atoms with E-state index in [9.17, 15) is 9.59 Å². The summed E-state index contributed by atoms with van der Waals surface area (Å²) in [5.41, 5.74) is 5.65. The second kappa shape index (κ2) is 9.73. The molecular weight excluding hydrogens is 268 g/mol. The molecule has 0 aliphatic carbocycles. The fraction of sp³-hybridized carbons (Fsp3) is 0.867. The van der Waals surface area contributed by atoms with Crippen LogP contribution in [0.5, 0.6) is 0 Å². The first kappa shape index (κ1) is 17.9. The number of amides is 2. The van der Waals surface area contributed by atoms with Gasteiger partial charge in [-0.25, -0.2) is 0 Å². The molecule has 1 saturated heterocycles. The summed E-state index contributed by atoms with van der Waals surface area (Å²) in [6.45, 7) is 6.88. The van der Waals surface area contributed by atoms with Gasteiger partial charge in [-0.15, -0.1) is 0 Å². The first-order valence-corrected chi connectivity index (χ1v) is 8.05. The molecule has 6 heteroatoms. The Kier molecular flexibility index (Phi) is 8.30. The Balaban J connectivity index is 2.17. The van der Waals surface area contributed by atoms with Gasteiger partial charge in [-0.1, -0.05) is 6.92 Å². The van der Waals surface area contributed by atoms with Gasteiger partial charge in [0.2, 0.25) is 11.8 Å². The predicted octanol–water partition coefficient (Wildman–Crippen LogP) is 0.221. The van der Waals surface area contributed by atoms with Crippen LogP contribution in [0.2, 0.25) is 0 Å². The van der Waals surface area contributed by atoms with Crippen molar-refractivity contribution in [3.05, 3.63) is 0 Å². The van der Waals surface area contributed by atoms with Gasteiger partial charge in [-0.2, -0.15) is 0 Å². The topological polar surface area (TPSA) is 87.5 Å². The van der Waals surface area contributed by atoms with E-state index in [1.165, 1.54) is 0 Å². The summed E-state index contributed by atoms with van der Waals surface area (Å²) < 4.78 is 0. The summed E-state index contributed by atoms with van der Waals surface area (Å²) >= 11 is 0. The van der Waals surface area contributed by atoms with Crippen molar-refractivity contribution in [2.24, 2.45) is 5.73 Å². The van der Waals surface area contributed by atoms with E-state index in [2.05, 4.69) is 15.5 Å². The molecule has 0 aromatic carbocycles. The Morgan fingerprint density at radius 3 is 2.52 bits per heavy atom. The van der Waals surface area contributed by atoms with E-state index in [0.717, 1.165) is 45.3 Å². The summed E-state index contributed by atoms with van der Waals surface area (Å²) in [4.78, 5) is 25.5. The van der Waals surface area contributed by atoms with Crippen LogP contribution in [-0.2, 0) is 9.59 Å². The molecule has 1 fully saturated rings. The molecule has 1 atom stereocenters. The monoisotopic (exact) mass is 298 g/mol. The number of likely N-dealkylation sites (tertiary alicyclic amines) is 1. The van der Waals surface area contributed by atoms with Crippen LogP contribution in [0.1, 0.15) is 46.0 Å². The zero-order valence-corrected chi connectivity index (χ0v) is 13.4. The maximum absolute atomic E-state index is 11.7. The molecule has 0 saturated carbocycles. The third-order valence-electron chi connectivity index (χ3n) is 3.72. The van der Waals surface area contributed by atoms with Crippen molar-refractivity contribution in [1.82, 2.24) is 15.5 Å². The fourth-order valence-corrected chi connectivity index (χ4v) is 2.42. The average molecular weight is 298 g/mol. The quantitative estimate of drug-likeness (QED) is 0.598. The van der Waals surface area contributed by atoms with Crippen LogP contribution >= 0.6 is 0 Å². The van der Waals surface area contributed by atoms with Gasteiger partial charge >= 0.3 is 0 Å². The molecule has 4 N–H and O–H groups in total. The highest BCUT2D eigenvalue weighted by Crippen LogP contribution is 2.10. The average Bonchev–Trinajstić information content (AvgIpc) is 2.45. The Bertz CT molecular complexity index is 326. The van der Waals surface area contributed by atoms with E-state index in [1.807, 2.05) is 13.8 Å². The van der Waals surface area contributed by atoms with Gasteiger partial charge in [0, 0.05) is 38.1 Å². The van der Waals surface area contributed by atoms with Crippen molar-refractivity contribution in [3.8, 4) is 0 Å². The van der Waals surface area contributed by atoms with Crippen LogP contribution < -0.4 is 16.4 Å². The SMILES string of the molecule is CCCNC(=O)CN1CCC(NC(=O)CCC(C)N)CC1. The maximum atomic E-state index is 11.7. The van der Waals surface area contributed by atoms with Crippen molar-refractivity contribution in [3.63, 3.8) is 0 Å². The van der Waals surface area contributed by atoms with Crippen molar-refractivity contribution in [2.75, 3.05) is 26.2 Å². The minimum atomic E-state index is 0.0687. The van der Waals surface area contributed by atoms with Gasteiger partial charge < -0.3 is 16.4 Å². The zero-order valence-electron chi connectivity index (χ0n) is 13.4. The third-order valence-corrected chi connectivity index (χ3v) is 3.72. The van der Waals surface area contributed by atoms with Crippen LogP contribution in [0, 0.1) is 0 Å². The zero-order chi connectivity index (χ0) is 15.7. The summed E-state index contributed by atoms with van der Waals surface area (Å²) in [7, 11) is 0. The smallest absolute Gasteiger partial charge is 0.234 e. The Morgan fingerprint density at radius 2 is 1.95 bits per heavy atom. The number of nitrogens with two attached hydrogens (primary N) is 1. The lowest BCUT2D eigenvalue weighted by Crippen LogP contribution is -2.47. The minimum absolute atomic E-state index is 0.0687. The first-order chi connectivity index (χ1) is 10.0. The number of piperidine rings is 1. The number of nitrogens with one attached hydrogen (secondary N) is 2. The highest BCUT2D eigenvalue weighted by molar-refractivity contribution is 5.78. The molecule has 0 aromatic rings. The van der Waals surface area contributed by atoms with Gasteiger partial charge in [-0.3, -0.25) is 14.5 Å². The van der Waals surface area contributed by atoms with E-state index < -0.39 is 0 Å². The van der Waals surface area contributed by atoms with E-state index >= 15 is 0 Å². The van der Waals surface area contributed by atoms with Crippen molar-refractivity contribution < 1.29 is 9.59 Å². The van der Waals surface area contributed by atoms with Crippen LogP contribution in [0.3, 0.4) is 0 Å². The Morgan fingerprint density at radius 1 is 1.29 bits per heavy atom. The molecule has 1 aliphatic rings. The minimum Gasteiger partial charge on any atom is -0.355 e. The highest BCUT2D eigenvalue weighted by atomic mass is 16.2. The molecule has 0 radical (unpaired) electrons. The largest absolute Gasteiger partial charge is 0.355 e. The number of nitrogens with zero attached hydrogens (tertiary/aromatic N) is 1. The molecule has 122 valence electrons. The number of rotatable bonds is 8. The highest BCUT2D eigenvalue weighted by Gasteiger charge is 2.21. The molecular formula is C15H30N4O2. The molecule has 1 unspecified atom stereocenters. The van der Waals surface area contributed by atoms with Crippen molar-refractivity contribution >= 4 is 11.8 Å². The number of hydrogen-bond donors (Lipinski definition) is 3. The van der Waals surface area contributed by atoms with Gasteiger partial charge in [0.05, 0.1) is 6.54 Å². The molecule has 2 amide bonds. The van der Waals surface area contributed by atoms with E-state index in [0.29, 0.717) is 13.0 Å². The molecule has 21 heavy (non-hydrogen) atoms. The van der Waals surface area contributed by atoms with Crippen molar-refractivity contribution in [2.45, 2.75) is 58.0 Å². The van der Waals surface area contributed by atoms with Crippen LogP contribution in [0.4, 0.5) is 0 Å². The molecule has 1 heterocycles. The lowest BCUT2D eigenvalue weighted by atomic mass is 10.0. The second-order valence-corrected chi connectivity index (χ2v) is 5.98. The normalized spacial score (nSPS) is 18.2. The van der Waals surface area contributed by atoms with Gasteiger partial charge in [0.15, 0.2) is 0 Å². The molecule has 0 spiro atoms. The maximum Gasteiger partial charge on any atom is 0.234 e. The molecule has 1 aliphatic heterocycles. The predicted molar refractivity (Wildman–Crippen MR) is 83.8 cm³/mol. The summed E-state index contributed by atoms with van der Waals surface area (Å²) in [5.74, 6) is 0.183. The molecule has 0 bridgehead atoms. The second-order valence-electron chi connectivity index (χ2n) is 5.98. The molecule has 0 aromatic heterocycles. The van der Waals surface area contributed by atoms with E-state index in [-0.39, 0.29) is 23.9 Å². The lowest BCUT2D eigenvalue weighted by molar-refractivity contribution is -0.124. The Hall–Kier alpha value is -1.14. The van der Waals surface area contributed by atoms with Gasteiger partial charge in [-0.05, 0) is 32.6 Å². The lowest BCUT2D eigenvalue weighted by Gasteiger charge is -2.31. The van der Waals surface area contributed by atoms with Crippen LogP contribution in [-0.4, -0.2) is 55.0 Å². The van der Waals surface area contributed by atoms with Crippen LogP contribution in [0.15, 0.2) is 0 Å².